The van der Waals surface area contributed by atoms with Gasteiger partial charge in [0.05, 0.1) is 6.04 Å². The van der Waals surface area contributed by atoms with Gasteiger partial charge >= 0.3 is 0 Å². The monoisotopic (exact) mass is 340 g/mol. The average Bonchev–Trinajstić information content (AvgIpc) is 2.64. The van der Waals surface area contributed by atoms with Gasteiger partial charge in [-0.15, -0.1) is 11.3 Å². The van der Waals surface area contributed by atoms with E-state index in [-0.39, 0.29) is 12.6 Å². The Hall–Kier alpha value is 0.350. The second-order valence-electron chi connectivity index (χ2n) is 3.80. The van der Waals surface area contributed by atoms with Crippen LogP contribution in [0.25, 0.3) is 0 Å². The van der Waals surface area contributed by atoms with Crippen molar-refractivity contribution in [3.05, 3.63) is 19.8 Å². The van der Waals surface area contributed by atoms with Crippen molar-refractivity contribution in [1.29, 1.82) is 0 Å². The molecule has 3 nitrogen and oxygen atoms in total. The molecule has 0 bridgehead atoms. The fourth-order valence-electron chi connectivity index (χ4n) is 1.52. The third-order valence-corrected chi connectivity index (χ3v) is 5.06. The maximum atomic E-state index is 8.67. The summed E-state index contributed by atoms with van der Waals surface area (Å²) in [6, 6.07) is 2.18. The van der Waals surface area contributed by atoms with Crippen molar-refractivity contribution < 1.29 is 5.11 Å². The van der Waals surface area contributed by atoms with Gasteiger partial charge < -0.3 is 16.2 Å². The molecule has 1 aromatic rings. The number of aliphatic hydroxyl groups excluding tert-OH is 1. The first-order valence-corrected chi connectivity index (χ1v) is 7.66. The van der Waals surface area contributed by atoms with Crippen molar-refractivity contribution in [3.8, 4) is 0 Å². The lowest BCUT2D eigenvalue weighted by Gasteiger charge is -2.14. The quantitative estimate of drug-likeness (QED) is 0.637. The number of rotatable bonds is 8. The predicted molar refractivity (Wildman–Crippen MR) is 77.8 cm³/mol. The second kappa shape index (κ2) is 8.45. The third-order valence-electron chi connectivity index (χ3n) is 2.47. The highest BCUT2D eigenvalue weighted by molar-refractivity contribution is 9.10. The summed E-state index contributed by atoms with van der Waals surface area (Å²) in [4.78, 5) is 1.16. The van der Waals surface area contributed by atoms with Gasteiger partial charge in [0, 0.05) is 22.5 Å². The van der Waals surface area contributed by atoms with E-state index in [9.17, 15) is 0 Å². The molecule has 4 N–H and O–H groups in total. The third kappa shape index (κ3) is 5.24. The van der Waals surface area contributed by atoms with Gasteiger partial charge in [0.1, 0.15) is 4.34 Å². The minimum absolute atomic E-state index is 0.165. The highest BCUT2D eigenvalue weighted by Gasteiger charge is 2.13. The number of hydrogen-bond donors (Lipinski definition) is 3. The Balaban J connectivity index is 2.38. The molecule has 1 heterocycles. The van der Waals surface area contributed by atoms with Crippen molar-refractivity contribution in [2.75, 3.05) is 19.7 Å². The maximum Gasteiger partial charge on any atom is 0.107 e. The van der Waals surface area contributed by atoms with E-state index in [0.717, 1.165) is 39.5 Å². The van der Waals surface area contributed by atoms with Crippen LogP contribution in [0.5, 0.6) is 0 Å². The van der Waals surface area contributed by atoms with Crippen LogP contribution >= 0.6 is 38.9 Å². The zero-order valence-corrected chi connectivity index (χ0v) is 12.7. The van der Waals surface area contributed by atoms with Gasteiger partial charge in [-0.25, -0.2) is 0 Å². The number of hydrogen-bond acceptors (Lipinski definition) is 4. The first-order valence-electron chi connectivity index (χ1n) is 5.68. The van der Waals surface area contributed by atoms with Crippen LogP contribution in [-0.4, -0.2) is 24.8 Å². The van der Waals surface area contributed by atoms with Crippen LogP contribution in [0.15, 0.2) is 10.5 Å². The van der Waals surface area contributed by atoms with Crippen molar-refractivity contribution in [1.82, 2.24) is 5.32 Å². The Bertz CT molecular complexity index is 316. The van der Waals surface area contributed by atoms with Gasteiger partial charge in [-0.3, -0.25) is 0 Å². The van der Waals surface area contributed by atoms with Gasteiger partial charge in [-0.05, 0) is 47.8 Å². The smallest absolute Gasteiger partial charge is 0.107 e. The van der Waals surface area contributed by atoms with E-state index < -0.39 is 0 Å². The zero-order chi connectivity index (χ0) is 12.7. The van der Waals surface area contributed by atoms with Crippen molar-refractivity contribution in [2.45, 2.75) is 25.3 Å². The molecule has 0 spiro atoms. The zero-order valence-electron chi connectivity index (χ0n) is 9.59. The van der Waals surface area contributed by atoms with Gasteiger partial charge in [-0.2, -0.15) is 0 Å². The molecule has 0 amide bonds. The van der Waals surface area contributed by atoms with Crippen molar-refractivity contribution in [2.24, 2.45) is 5.73 Å². The number of unbranched alkanes of at least 4 members (excludes halogenated alkanes) is 2. The highest BCUT2D eigenvalue weighted by atomic mass is 79.9. The summed E-state index contributed by atoms with van der Waals surface area (Å²) in [6.45, 7) is 1.74. The summed E-state index contributed by atoms with van der Waals surface area (Å²) in [5.74, 6) is 0. The van der Waals surface area contributed by atoms with Crippen LogP contribution in [0.3, 0.4) is 0 Å². The molecule has 0 saturated heterocycles. The van der Waals surface area contributed by atoms with Crippen LogP contribution in [0, 0.1) is 0 Å². The SMILES string of the molecule is NCC(NCCCCCO)c1cc(Br)c(Cl)s1. The lowest BCUT2D eigenvalue weighted by molar-refractivity contribution is 0.282. The van der Waals surface area contributed by atoms with Crippen LogP contribution in [0.4, 0.5) is 0 Å². The van der Waals surface area contributed by atoms with E-state index in [2.05, 4.69) is 21.2 Å². The standard InChI is InChI=1S/C11H18BrClN2OS/c12-8-6-10(17-11(8)13)9(7-14)15-4-2-1-3-5-16/h6,9,15-16H,1-5,7,14H2. The Morgan fingerprint density at radius 3 is 2.76 bits per heavy atom. The largest absolute Gasteiger partial charge is 0.396 e. The summed E-state index contributed by atoms with van der Waals surface area (Å²) >= 11 is 11.0. The molecule has 6 heteroatoms. The lowest BCUT2D eigenvalue weighted by Crippen LogP contribution is -2.28. The molecule has 0 radical (unpaired) electrons. The van der Waals surface area contributed by atoms with Crippen LogP contribution in [0.2, 0.25) is 4.34 Å². The predicted octanol–water partition coefficient (Wildman–Crippen LogP) is 2.92. The number of nitrogens with one attached hydrogen (secondary N) is 1. The van der Waals surface area contributed by atoms with E-state index >= 15 is 0 Å². The Morgan fingerprint density at radius 1 is 1.47 bits per heavy atom. The molecular weight excluding hydrogens is 324 g/mol. The summed E-state index contributed by atoms with van der Waals surface area (Å²) in [6.07, 6.45) is 2.96. The van der Waals surface area contributed by atoms with E-state index in [4.69, 9.17) is 22.4 Å². The van der Waals surface area contributed by atoms with Gasteiger partial charge in [0.25, 0.3) is 0 Å². The number of aliphatic hydroxyl groups is 1. The van der Waals surface area contributed by atoms with Crippen LogP contribution in [0.1, 0.15) is 30.2 Å². The highest BCUT2D eigenvalue weighted by Crippen LogP contribution is 2.34. The molecule has 0 aliphatic carbocycles. The molecular formula is C11H18BrClN2OS. The number of nitrogens with two attached hydrogens (primary N) is 1. The second-order valence-corrected chi connectivity index (χ2v) is 6.34. The molecule has 0 fully saturated rings. The minimum atomic E-state index is 0.165. The van der Waals surface area contributed by atoms with E-state index in [0.29, 0.717) is 6.54 Å². The molecule has 0 aliphatic rings. The topological polar surface area (TPSA) is 58.3 Å². The first-order chi connectivity index (χ1) is 8.19. The summed E-state index contributed by atoms with van der Waals surface area (Å²) in [5.41, 5.74) is 5.75. The van der Waals surface area contributed by atoms with E-state index in [1.807, 2.05) is 6.07 Å². The Morgan fingerprint density at radius 2 is 2.24 bits per heavy atom. The van der Waals surface area contributed by atoms with E-state index in [1.165, 1.54) is 0 Å². The normalized spacial score (nSPS) is 12.9. The summed E-state index contributed by atoms with van der Waals surface area (Å²) < 4.78 is 1.69. The molecule has 0 saturated carbocycles. The summed E-state index contributed by atoms with van der Waals surface area (Å²) in [7, 11) is 0. The first kappa shape index (κ1) is 15.4. The molecule has 1 rings (SSSR count). The van der Waals surface area contributed by atoms with Crippen LogP contribution < -0.4 is 11.1 Å². The van der Waals surface area contributed by atoms with Gasteiger partial charge in [0.15, 0.2) is 0 Å². The number of thiophene rings is 1. The molecule has 1 aromatic heterocycles. The van der Waals surface area contributed by atoms with Gasteiger partial charge in [-0.1, -0.05) is 11.6 Å². The summed E-state index contributed by atoms with van der Waals surface area (Å²) in [5, 5.41) is 12.1. The van der Waals surface area contributed by atoms with Crippen molar-refractivity contribution >= 4 is 38.9 Å². The fraction of sp³-hybridized carbons (Fsp3) is 0.636. The minimum Gasteiger partial charge on any atom is -0.396 e. The molecule has 0 aliphatic heterocycles. The Labute approximate surface area is 119 Å². The molecule has 1 unspecified atom stereocenters. The fourth-order valence-corrected chi connectivity index (χ4v) is 3.35. The van der Waals surface area contributed by atoms with E-state index in [1.54, 1.807) is 11.3 Å². The van der Waals surface area contributed by atoms with Crippen molar-refractivity contribution in [3.63, 3.8) is 0 Å². The van der Waals surface area contributed by atoms with Crippen LogP contribution in [-0.2, 0) is 0 Å². The molecule has 1 atom stereocenters. The number of halogens is 2. The molecule has 0 aromatic carbocycles. The molecule has 98 valence electrons. The molecule has 17 heavy (non-hydrogen) atoms. The lowest BCUT2D eigenvalue weighted by atomic mass is 10.2. The Kier molecular flexibility index (Phi) is 7.66. The average molecular weight is 342 g/mol. The maximum absolute atomic E-state index is 8.67. The van der Waals surface area contributed by atoms with Gasteiger partial charge in [0.2, 0.25) is 0 Å².